The van der Waals surface area contributed by atoms with Gasteiger partial charge in [-0.25, -0.2) is 0 Å². The largest absolute Gasteiger partial charge is 0.384 e. The molecule has 13 heteroatoms. The Hall–Kier alpha value is -4.31. The van der Waals surface area contributed by atoms with Crippen LogP contribution in [0.25, 0.3) is 0 Å². The third kappa shape index (κ3) is 6.92. The van der Waals surface area contributed by atoms with Crippen LogP contribution in [0.2, 0.25) is 0 Å². The number of ether oxygens (including phenoxy) is 1. The Kier molecular flexibility index (Phi) is 9.89. The van der Waals surface area contributed by atoms with Crippen LogP contribution in [0.15, 0.2) is 18.2 Å². The second-order valence-corrected chi connectivity index (χ2v) is 8.83. The van der Waals surface area contributed by atoms with E-state index in [4.69, 9.17) is 10.00 Å². The van der Waals surface area contributed by atoms with Crippen LogP contribution in [0.3, 0.4) is 0 Å². The molecule has 6 amide bonds. The van der Waals surface area contributed by atoms with Crippen molar-refractivity contribution in [2.45, 2.75) is 38.1 Å². The molecule has 0 aromatic heterocycles. The van der Waals surface area contributed by atoms with E-state index >= 15 is 0 Å². The highest BCUT2D eigenvalue weighted by molar-refractivity contribution is 6.25. The summed E-state index contributed by atoms with van der Waals surface area (Å²) in [6, 6.07) is 5.67. The van der Waals surface area contributed by atoms with Gasteiger partial charge in [0.1, 0.15) is 6.04 Å². The molecule has 3 rings (SSSR count). The molecule has 0 saturated carbocycles. The molecule has 38 heavy (non-hydrogen) atoms. The number of fused-ring (bicyclic) bond motifs is 1. The van der Waals surface area contributed by atoms with Gasteiger partial charge in [0.2, 0.25) is 23.6 Å². The number of nitrogens with one attached hydrogen (secondary N) is 3. The molecule has 2 aliphatic heterocycles. The fourth-order valence-corrected chi connectivity index (χ4v) is 4.16. The maximum atomic E-state index is 13.1. The molecule has 2 aliphatic rings. The first-order valence-corrected chi connectivity index (χ1v) is 12.3. The summed E-state index contributed by atoms with van der Waals surface area (Å²) in [6.07, 6.45) is 0.944. The van der Waals surface area contributed by atoms with Crippen molar-refractivity contribution >= 4 is 41.1 Å². The van der Waals surface area contributed by atoms with E-state index in [2.05, 4.69) is 16.0 Å². The second-order valence-electron chi connectivity index (χ2n) is 8.83. The minimum Gasteiger partial charge on any atom is -0.384 e. The third-order valence-corrected chi connectivity index (χ3v) is 6.08. The van der Waals surface area contributed by atoms with Crippen LogP contribution in [0, 0.1) is 11.3 Å². The molecule has 1 aromatic carbocycles. The summed E-state index contributed by atoms with van der Waals surface area (Å²) in [4.78, 5) is 76.3. The van der Waals surface area contributed by atoms with Crippen LogP contribution in [0.5, 0.6) is 0 Å². The highest BCUT2D eigenvalue weighted by Crippen LogP contribution is 2.32. The lowest BCUT2D eigenvalue weighted by Crippen LogP contribution is -2.54. The van der Waals surface area contributed by atoms with Crippen molar-refractivity contribution < 1.29 is 33.5 Å². The average molecular weight is 527 g/mol. The molecule has 1 unspecified atom stereocenters. The minimum atomic E-state index is -1.05. The van der Waals surface area contributed by atoms with Crippen molar-refractivity contribution in [1.29, 1.82) is 5.26 Å². The van der Waals surface area contributed by atoms with Gasteiger partial charge in [-0.15, -0.1) is 0 Å². The predicted octanol–water partition coefficient (Wildman–Crippen LogP) is -0.215. The number of benzene rings is 1. The Morgan fingerprint density at radius 2 is 1.97 bits per heavy atom. The smallest absolute Gasteiger partial charge is 0.264 e. The summed E-state index contributed by atoms with van der Waals surface area (Å²) in [5, 5.41) is 16.3. The molecule has 2 heterocycles. The molecular formula is C25H30N6O7. The number of hydrogen-bond donors (Lipinski definition) is 3. The lowest BCUT2D eigenvalue weighted by atomic mass is 10.0. The Morgan fingerprint density at radius 1 is 1.18 bits per heavy atom. The molecule has 1 aromatic rings. The van der Waals surface area contributed by atoms with Gasteiger partial charge < -0.3 is 20.3 Å². The number of imide groups is 2. The molecule has 13 nitrogen and oxygen atoms in total. The Morgan fingerprint density at radius 3 is 2.71 bits per heavy atom. The minimum absolute atomic E-state index is 0.0385. The average Bonchev–Trinajstić information content (AvgIpc) is 3.14. The number of carbonyl (C=O) groups excluding carboxylic acids is 6. The normalized spacial score (nSPS) is 16.5. The van der Waals surface area contributed by atoms with E-state index in [1.165, 1.54) is 18.0 Å². The van der Waals surface area contributed by atoms with Gasteiger partial charge in [-0.05, 0) is 25.0 Å². The molecule has 1 fully saturated rings. The zero-order valence-electron chi connectivity index (χ0n) is 21.1. The summed E-state index contributed by atoms with van der Waals surface area (Å²) < 4.78 is 5.17. The zero-order chi connectivity index (χ0) is 27.7. The van der Waals surface area contributed by atoms with Crippen molar-refractivity contribution in [3.8, 4) is 6.07 Å². The van der Waals surface area contributed by atoms with Crippen LogP contribution >= 0.6 is 0 Å². The van der Waals surface area contributed by atoms with E-state index in [-0.39, 0.29) is 68.3 Å². The van der Waals surface area contributed by atoms with Gasteiger partial charge in [0.15, 0.2) is 0 Å². The van der Waals surface area contributed by atoms with Crippen LogP contribution in [-0.2, 0) is 23.9 Å². The zero-order valence-corrected chi connectivity index (χ0v) is 21.1. The topological polar surface area (TPSA) is 178 Å². The van der Waals surface area contributed by atoms with E-state index in [9.17, 15) is 28.8 Å². The summed E-state index contributed by atoms with van der Waals surface area (Å²) in [6.45, 7) is 1.07. The highest BCUT2D eigenvalue weighted by Gasteiger charge is 2.45. The van der Waals surface area contributed by atoms with Crippen LogP contribution in [0.1, 0.15) is 52.8 Å². The number of nitriles is 1. The number of hydrogen-bond acceptors (Lipinski definition) is 9. The van der Waals surface area contributed by atoms with Gasteiger partial charge in [-0.2, -0.15) is 5.26 Å². The fourth-order valence-electron chi connectivity index (χ4n) is 4.16. The summed E-state index contributed by atoms with van der Waals surface area (Å²) >= 11 is 0. The van der Waals surface area contributed by atoms with E-state index in [1.54, 1.807) is 12.1 Å². The summed E-state index contributed by atoms with van der Waals surface area (Å²) in [5.41, 5.74) is 0.730. The molecule has 0 radical (unpaired) electrons. The summed E-state index contributed by atoms with van der Waals surface area (Å²) in [7, 11) is 1.52. The quantitative estimate of drug-likeness (QED) is 0.232. The van der Waals surface area contributed by atoms with Gasteiger partial charge in [0.05, 0.1) is 43.4 Å². The molecule has 0 bridgehead atoms. The lowest BCUT2D eigenvalue weighted by molar-refractivity contribution is -0.136. The van der Waals surface area contributed by atoms with Crippen LogP contribution in [-0.4, -0.2) is 91.2 Å². The first-order chi connectivity index (χ1) is 18.2. The van der Waals surface area contributed by atoms with Gasteiger partial charge >= 0.3 is 0 Å². The molecule has 202 valence electrons. The number of rotatable bonds is 13. The number of anilines is 1. The van der Waals surface area contributed by atoms with Crippen LogP contribution < -0.4 is 16.0 Å². The van der Waals surface area contributed by atoms with E-state index < -0.39 is 29.7 Å². The van der Waals surface area contributed by atoms with Crippen molar-refractivity contribution in [1.82, 2.24) is 20.4 Å². The van der Waals surface area contributed by atoms with E-state index in [0.717, 1.165) is 4.90 Å². The second kappa shape index (κ2) is 13.3. The molecule has 1 saturated heterocycles. The van der Waals surface area contributed by atoms with Gasteiger partial charge in [-0.3, -0.25) is 39.0 Å². The third-order valence-electron chi connectivity index (χ3n) is 6.08. The monoisotopic (exact) mass is 526 g/mol. The van der Waals surface area contributed by atoms with Crippen LogP contribution in [0.4, 0.5) is 5.69 Å². The highest BCUT2D eigenvalue weighted by atomic mass is 16.5. The Balaban J connectivity index is 1.46. The Labute approximate surface area is 219 Å². The molecular weight excluding hydrogens is 496 g/mol. The molecule has 0 aliphatic carbocycles. The lowest BCUT2D eigenvalue weighted by Gasteiger charge is -2.27. The van der Waals surface area contributed by atoms with Crippen molar-refractivity contribution in [2.75, 3.05) is 45.2 Å². The SMILES string of the molecule is CN(CC(=O)NCCOCCC#N)C(=O)CCCNc1cccc2c1C(=O)N(C1CCC(=O)NC1=O)C2=O. The van der Waals surface area contributed by atoms with Crippen molar-refractivity contribution in [3.63, 3.8) is 0 Å². The van der Waals surface area contributed by atoms with Crippen molar-refractivity contribution in [3.05, 3.63) is 29.3 Å². The maximum Gasteiger partial charge on any atom is 0.264 e. The maximum absolute atomic E-state index is 13.1. The number of carbonyl (C=O) groups is 6. The number of amides is 6. The van der Waals surface area contributed by atoms with Crippen molar-refractivity contribution in [2.24, 2.45) is 0 Å². The van der Waals surface area contributed by atoms with Gasteiger partial charge in [0, 0.05) is 38.7 Å². The first kappa shape index (κ1) is 28.3. The number of likely N-dealkylation sites (N-methyl/N-ethyl adjacent to an activating group) is 1. The summed E-state index contributed by atoms with van der Waals surface area (Å²) in [5.74, 6) is -2.88. The van der Waals surface area contributed by atoms with E-state index in [0.29, 0.717) is 25.3 Å². The fraction of sp³-hybridized carbons (Fsp3) is 0.480. The molecule has 1 atom stereocenters. The van der Waals surface area contributed by atoms with E-state index in [1.807, 2.05) is 6.07 Å². The standard InChI is InChI=1S/C25H30N6O7/c1-30(15-20(33)28-12-14-38-13-4-10-26)21(34)7-3-11-27-17-6-2-5-16-22(17)25(37)31(24(16)36)18-8-9-19(32)29-23(18)35/h2,5-6,18,27H,3-4,7-9,11-15H2,1H3,(H,28,33)(H,29,32,35). The predicted molar refractivity (Wildman–Crippen MR) is 133 cm³/mol. The first-order valence-electron chi connectivity index (χ1n) is 12.3. The van der Waals surface area contributed by atoms with Gasteiger partial charge in [-0.1, -0.05) is 6.07 Å². The molecule has 0 spiro atoms. The number of nitrogens with zero attached hydrogens (tertiary/aromatic N) is 3. The Bertz CT molecular complexity index is 1160. The molecule has 3 N–H and O–H groups in total. The number of piperidine rings is 1. The van der Waals surface area contributed by atoms with Gasteiger partial charge in [0.25, 0.3) is 11.8 Å².